The lowest BCUT2D eigenvalue weighted by molar-refractivity contribution is 0.199. The molecule has 3 N–H and O–H groups in total. The van der Waals surface area contributed by atoms with E-state index in [0.29, 0.717) is 6.54 Å². The zero-order valence-corrected chi connectivity index (χ0v) is 9.11. The van der Waals surface area contributed by atoms with Gasteiger partial charge >= 0.3 is 0 Å². The molecule has 0 amide bonds. The van der Waals surface area contributed by atoms with Crippen molar-refractivity contribution < 1.29 is 5.11 Å². The zero-order valence-electron chi connectivity index (χ0n) is 9.11. The predicted molar refractivity (Wildman–Crippen MR) is 63.1 cm³/mol. The number of hydrogen-bond donors (Lipinski definition) is 2. The number of aryl methyl sites for hydroxylation is 1. The topological polar surface area (TPSA) is 49.5 Å². The van der Waals surface area contributed by atoms with Crippen LogP contribution < -0.4 is 10.6 Å². The van der Waals surface area contributed by atoms with E-state index in [4.69, 9.17) is 5.73 Å². The van der Waals surface area contributed by atoms with Crippen LogP contribution in [0.4, 0.5) is 11.4 Å². The lowest BCUT2D eigenvalue weighted by atomic mass is 10.0. The molecule has 1 heterocycles. The maximum atomic E-state index is 9.42. The molecule has 15 heavy (non-hydrogen) atoms. The number of hydrogen-bond acceptors (Lipinski definition) is 3. The van der Waals surface area contributed by atoms with Gasteiger partial charge in [0, 0.05) is 24.5 Å². The number of nitrogen functional groups attached to an aromatic ring is 1. The lowest BCUT2D eigenvalue weighted by Gasteiger charge is -2.32. The van der Waals surface area contributed by atoms with Gasteiger partial charge in [-0.2, -0.15) is 0 Å². The van der Waals surface area contributed by atoms with Crippen LogP contribution in [0.25, 0.3) is 0 Å². The fourth-order valence-electron chi connectivity index (χ4n) is 2.20. The number of anilines is 2. The first-order valence-electron chi connectivity index (χ1n) is 5.48. The van der Waals surface area contributed by atoms with Gasteiger partial charge in [0.1, 0.15) is 0 Å². The minimum absolute atomic E-state index is 0.284. The maximum absolute atomic E-state index is 9.42. The fourth-order valence-corrected chi connectivity index (χ4v) is 2.20. The van der Waals surface area contributed by atoms with E-state index in [9.17, 15) is 5.11 Å². The summed E-state index contributed by atoms with van der Waals surface area (Å²) in [5.74, 6) is 0. The summed E-state index contributed by atoms with van der Waals surface area (Å²) in [6.45, 7) is 3.56. The van der Waals surface area contributed by atoms with Crippen molar-refractivity contribution in [1.82, 2.24) is 0 Å². The van der Waals surface area contributed by atoms with E-state index in [2.05, 4.69) is 11.0 Å². The van der Waals surface area contributed by atoms with Crippen molar-refractivity contribution in [2.24, 2.45) is 0 Å². The van der Waals surface area contributed by atoms with Crippen molar-refractivity contribution in [3.05, 3.63) is 23.8 Å². The van der Waals surface area contributed by atoms with Crippen LogP contribution in [-0.4, -0.2) is 24.3 Å². The summed E-state index contributed by atoms with van der Waals surface area (Å²) < 4.78 is 0. The summed E-state index contributed by atoms with van der Waals surface area (Å²) in [6, 6.07) is 6.04. The normalized spacial score (nSPS) is 17.3. The monoisotopic (exact) mass is 206 g/mol. The Balaban J connectivity index is 2.26. The summed E-state index contributed by atoms with van der Waals surface area (Å²) in [5.41, 5.74) is 9.13. The standard InChI is InChI=1S/C12H18N2O/c1-9(15)8-14-6-2-3-10-7-11(13)4-5-12(10)14/h4-5,7,9,15H,2-3,6,8,13H2,1H3/t9-/m0/s1. The van der Waals surface area contributed by atoms with Gasteiger partial charge in [-0.1, -0.05) is 0 Å². The molecule has 0 bridgehead atoms. The van der Waals surface area contributed by atoms with Gasteiger partial charge in [0.25, 0.3) is 0 Å². The Kier molecular flexibility index (Phi) is 2.82. The number of aliphatic hydroxyl groups excluding tert-OH is 1. The van der Waals surface area contributed by atoms with E-state index in [1.807, 2.05) is 19.1 Å². The van der Waals surface area contributed by atoms with Gasteiger partial charge in [0.05, 0.1) is 6.10 Å². The van der Waals surface area contributed by atoms with Crippen molar-refractivity contribution in [3.63, 3.8) is 0 Å². The first-order valence-corrected chi connectivity index (χ1v) is 5.48. The molecular formula is C12H18N2O. The molecule has 0 radical (unpaired) electrons. The molecule has 1 aromatic carbocycles. The number of β-amino-alcohol motifs (C(OH)–C–C–N with tert-alkyl or cyclic N) is 1. The molecule has 0 aliphatic carbocycles. The molecule has 82 valence electrons. The van der Waals surface area contributed by atoms with Crippen LogP contribution in [0, 0.1) is 0 Å². The summed E-state index contributed by atoms with van der Waals surface area (Å²) in [7, 11) is 0. The Morgan fingerprint density at radius 2 is 2.33 bits per heavy atom. The van der Waals surface area contributed by atoms with Crippen LogP contribution in [0.1, 0.15) is 18.9 Å². The Morgan fingerprint density at radius 1 is 1.53 bits per heavy atom. The summed E-state index contributed by atoms with van der Waals surface area (Å²) in [5, 5.41) is 9.42. The number of nitrogens with zero attached hydrogens (tertiary/aromatic N) is 1. The van der Waals surface area contributed by atoms with Crippen molar-refractivity contribution >= 4 is 11.4 Å². The average Bonchev–Trinajstić information content (AvgIpc) is 2.16. The number of fused-ring (bicyclic) bond motifs is 1. The van der Waals surface area contributed by atoms with Crippen molar-refractivity contribution in [3.8, 4) is 0 Å². The number of benzene rings is 1. The Labute approximate surface area is 90.5 Å². The fraction of sp³-hybridized carbons (Fsp3) is 0.500. The van der Waals surface area contributed by atoms with Crippen molar-refractivity contribution in [2.45, 2.75) is 25.9 Å². The van der Waals surface area contributed by atoms with Crippen LogP contribution in [-0.2, 0) is 6.42 Å². The largest absolute Gasteiger partial charge is 0.399 e. The molecular weight excluding hydrogens is 188 g/mol. The van der Waals surface area contributed by atoms with Gasteiger partial charge in [-0.05, 0) is 43.5 Å². The molecule has 1 aromatic rings. The Morgan fingerprint density at radius 3 is 3.07 bits per heavy atom. The summed E-state index contributed by atoms with van der Waals surface area (Å²) in [6.07, 6.45) is 1.95. The third-order valence-corrected chi connectivity index (χ3v) is 2.80. The van der Waals surface area contributed by atoms with Crippen LogP contribution in [0.15, 0.2) is 18.2 Å². The predicted octanol–water partition coefficient (Wildman–Crippen LogP) is 1.40. The average molecular weight is 206 g/mol. The molecule has 1 aliphatic heterocycles. The first-order chi connectivity index (χ1) is 7.16. The second-order valence-electron chi connectivity index (χ2n) is 4.29. The minimum atomic E-state index is -0.284. The molecule has 0 aromatic heterocycles. The molecule has 0 saturated carbocycles. The summed E-state index contributed by atoms with van der Waals surface area (Å²) >= 11 is 0. The zero-order chi connectivity index (χ0) is 10.8. The SMILES string of the molecule is C[C@H](O)CN1CCCc2cc(N)ccc21. The van der Waals surface area contributed by atoms with Gasteiger partial charge in [-0.25, -0.2) is 0 Å². The molecule has 1 atom stereocenters. The van der Waals surface area contributed by atoms with Gasteiger partial charge in [0.2, 0.25) is 0 Å². The quantitative estimate of drug-likeness (QED) is 0.719. The maximum Gasteiger partial charge on any atom is 0.0687 e. The molecule has 0 spiro atoms. The molecule has 0 saturated heterocycles. The van der Waals surface area contributed by atoms with Crippen molar-refractivity contribution in [1.29, 1.82) is 0 Å². The summed E-state index contributed by atoms with van der Waals surface area (Å²) in [4.78, 5) is 2.24. The molecule has 3 nitrogen and oxygen atoms in total. The highest BCUT2D eigenvalue weighted by Crippen LogP contribution is 2.28. The minimum Gasteiger partial charge on any atom is -0.399 e. The first kappa shape index (κ1) is 10.3. The van der Waals surface area contributed by atoms with E-state index in [-0.39, 0.29) is 6.10 Å². The van der Waals surface area contributed by atoms with Crippen LogP contribution in [0.2, 0.25) is 0 Å². The molecule has 0 fully saturated rings. The van der Waals surface area contributed by atoms with Crippen LogP contribution in [0.5, 0.6) is 0 Å². The van der Waals surface area contributed by atoms with E-state index in [1.165, 1.54) is 11.3 Å². The second-order valence-corrected chi connectivity index (χ2v) is 4.29. The van der Waals surface area contributed by atoms with E-state index in [1.54, 1.807) is 0 Å². The highest BCUT2D eigenvalue weighted by Gasteiger charge is 2.17. The smallest absolute Gasteiger partial charge is 0.0687 e. The third kappa shape index (κ3) is 2.23. The molecule has 1 aliphatic rings. The lowest BCUT2D eigenvalue weighted by Crippen LogP contribution is -2.35. The van der Waals surface area contributed by atoms with E-state index in [0.717, 1.165) is 25.1 Å². The highest BCUT2D eigenvalue weighted by molar-refractivity contribution is 5.61. The van der Waals surface area contributed by atoms with Crippen LogP contribution >= 0.6 is 0 Å². The van der Waals surface area contributed by atoms with Gasteiger partial charge < -0.3 is 15.7 Å². The Hall–Kier alpha value is -1.22. The Bertz CT molecular complexity index is 349. The molecule has 0 unspecified atom stereocenters. The molecule has 2 rings (SSSR count). The van der Waals surface area contributed by atoms with Gasteiger partial charge in [-0.3, -0.25) is 0 Å². The van der Waals surface area contributed by atoms with Crippen molar-refractivity contribution in [2.75, 3.05) is 23.7 Å². The number of aliphatic hydroxyl groups is 1. The van der Waals surface area contributed by atoms with E-state index >= 15 is 0 Å². The highest BCUT2D eigenvalue weighted by atomic mass is 16.3. The van der Waals surface area contributed by atoms with Gasteiger partial charge in [0.15, 0.2) is 0 Å². The third-order valence-electron chi connectivity index (χ3n) is 2.80. The van der Waals surface area contributed by atoms with Gasteiger partial charge in [-0.15, -0.1) is 0 Å². The number of nitrogens with two attached hydrogens (primary N) is 1. The van der Waals surface area contributed by atoms with E-state index < -0.39 is 0 Å². The van der Waals surface area contributed by atoms with Crippen LogP contribution in [0.3, 0.4) is 0 Å². The molecule has 3 heteroatoms. The number of rotatable bonds is 2. The second kappa shape index (κ2) is 4.11.